The van der Waals surface area contributed by atoms with Crippen LogP contribution >= 0.6 is 0 Å². The first-order valence-corrected chi connectivity index (χ1v) is 7.80. The predicted molar refractivity (Wildman–Crippen MR) is 88.1 cm³/mol. The predicted octanol–water partition coefficient (Wildman–Crippen LogP) is 1.70. The maximum Gasteiger partial charge on any atom is 0.421 e. The first-order valence-electron chi connectivity index (χ1n) is 7.80. The summed E-state index contributed by atoms with van der Waals surface area (Å²) in [6.45, 7) is 8.51. The van der Waals surface area contributed by atoms with Crippen LogP contribution in [0.25, 0.3) is 0 Å². The highest BCUT2D eigenvalue weighted by Gasteiger charge is 2.28. The maximum atomic E-state index is 12.6. The van der Waals surface area contributed by atoms with Crippen molar-refractivity contribution in [2.45, 2.75) is 13.0 Å². The number of ether oxygens (including phenoxy) is 1. The highest BCUT2D eigenvalue weighted by Crippen LogP contribution is 2.12. The van der Waals surface area contributed by atoms with E-state index in [9.17, 15) is 9.59 Å². The second-order valence-electron chi connectivity index (χ2n) is 5.27. The molecular weight excluding hydrogens is 294 g/mol. The van der Waals surface area contributed by atoms with E-state index in [0.717, 1.165) is 0 Å². The molecule has 1 fully saturated rings. The minimum absolute atomic E-state index is 0.0485. The van der Waals surface area contributed by atoms with E-state index in [0.29, 0.717) is 38.3 Å². The van der Waals surface area contributed by atoms with Crippen molar-refractivity contribution in [1.29, 1.82) is 0 Å². The average Bonchev–Trinajstić information content (AvgIpc) is 2.58. The van der Waals surface area contributed by atoms with Crippen LogP contribution < -0.4 is 5.43 Å². The number of carbonyl (C=O) groups excluding carboxylic acids is 2. The summed E-state index contributed by atoms with van der Waals surface area (Å²) >= 11 is 0. The van der Waals surface area contributed by atoms with Gasteiger partial charge in [-0.2, -0.15) is 0 Å². The van der Waals surface area contributed by atoms with Gasteiger partial charge >= 0.3 is 6.09 Å². The van der Waals surface area contributed by atoms with Gasteiger partial charge in [-0.05, 0) is 6.92 Å². The van der Waals surface area contributed by atoms with Crippen LogP contribution in [0.15, 0.2) is 43.0 Å². The van der Waals surface area contributed by atoms with Gasteiger partial charge in [-0.1, -0.05) is 36.4 Å². The molecule has 23 heavy (non-hydrogen) atoms. The summed E-state index contributed by atoms with van der Waals surface area (Å²) < 4.78 is 4.86. The molecule has 1 aromatic carbocycles. The highest BCUT2D eigenvalue weighted by molar-refractivity contribution is 6.01. The quantitative estimate of drug-likeness (QED) is 0.639. The van der Waals surface area contributed by atoms with Crippen molar-refractivity contribution in [2.75, 3.05) is 32.8 Å². The Hall–Kier alpha value is -2.18. The first-order chi connectivity index (χ1) is 11.2. The van der Waals surface area contributed by atoms with Crippen LogP contribution in [0.5, 0.6) is 0 Å². The minimum Gasteiger partial charge on any atom is -0.449 e. The Labute approximate surface area is 136 Å². The summed E-state index contributed by atoms with van der Waals surface area (Å²) in [5, 5.41) is 1.81. The van der Waals surface area contributed by atoms with E-state index in [1.807, 2.05) is 35.3 Å². The molecular formula is C17H23N3O3. The van der Waals surface area contributed by atoms with E-state index in [1.165, 1.54) is 0 Å². The number of hydrazine groups is 1. The molecule has 6 nitrogen and oxygen atoms in total. The van der Waals surface area contributed by atoms with E-state index in [4.69, 9.17) is 4.74 Å². The molecule has 1 aliphatic heterocycles. The van der Waals surface area contributed by atoms with E-state index < -0.39 is 6.09 Å². The second-order valence-corrected chi connectivity index (χ2v) is 5.27. The summed E-state index contributed by atoms with van der Waals surface area (Å²) in [5.41, 5.74) is 3.38. The van der Waals surface area contributed by atoms with Crippen LogP contribution in [-0.2, 0) is 4.74 Å². The van der Waals surface area contributed by atoms with Crippen LogP contribution in [-0.4, -0.2) is 60.6 Å². The molecule has 1 heterocycles. The van der Waals surface area contributed by atoms with Crippen molar-refractivity contribution in [2.24, 2.45) is 0 Å². The lowest BCUT2D eigenvalue weighted by Gasteiger charge is -2.37. The van der Waals surface area contributed by atoms with Crippen LogP contribution in [0.3, 0.4) is 0 Å². The molecule has 124 valence electrons. The smallest absolute Gasteiger partial charge is 0.421 e. The fraction of sp³-hybridized carbons (Fsp3) is 0.412. The van der Waals surface area contributed by atoms with Crippen LogP contribution in [0.1, 0.15) is 17.3 Å². The normalized spacial score (nSPS) is 17.3. The van der Waals surface area contributed by atoms with Crippen molar-refractivity contribution in [1.82, 2.24) is 15.3 Å². The zero-order valence-corrected chi connectivity index (χ0v) is 13.4. The molecule has 1 unspecified atom stereocenters. The van der Waals surface area contributed by atoms with Crippen molar-refractivity contribution < 1.29 is 14.3 Å². The summed E-state index contributed by atoms with van der Waals surface area (Å²) in [4.78, 5) is 26.1. The average molecular weight is 317 g/mol. The molecule has 0 saturated carbocycles. The topological polar surface area (TPSA) is 61.9 Å². The summed E-state index contributed by atoms with van der Waals surface area (Å²) in [6.07, 6.45) is 1.24. The third kappa shape index (κ3) is 4.64. The monoisotopic (exact) mass is 317 g/mol. The third-order valence-electron chi connectivity index (χ3n) is 3.78. The fourth-order valence-corrected chi connectivity index (χ4v) is 2.60. The lowest BCUT2D eigenvalue weighted by Crippen LogP contribution is -2.56. The number of piperazine rings is 1. The van der Waals surface area contributed by atoms with E-state index in [2.05, 4.69) is 16.9 Å². The van der Waals surface area contributed by atoms with Gasteiger partial charge in [0, 0.05) is 31.7 Å². The number of rotatable bonds is 6. The lowest BCUT2D eigenvalue weighted by molar-refractivity contribution is 0.0549. The van der Waals surface area contributed by atoms with Gasteiger partial charge in [-0.15, -0.1) is 6.58 Å². The number of carbonyl (C=O) groups is 2. The fourth-order valence-electron chi connectivity index (χ4n) is 2.60. The molecule has 6 heteroatoms. The number of ketones is 1. The molecule has 0 radical (unpaired) electrons. The molecule has 0 bridgehead atoms. The summed E-state index contributed by atoms with van der Waals surface area (Å²) in [5.74, 6) is 0.0485. The third-order valence-corrected chi connectivity index (χ3v) is 3.78. The highest BCUT2D eigenvalue weighted by atomic mass is 16.6. The zero-order chi connectivity index (χ0) is 16.7. The number of benzene rings is 1. The molecule has 0 spiro atoms. The number of nitrogens with zero attached hydrogens (tertiary/aromatic N) is 2. The van der Waals surface area contributed by atoms with Crippen molar-refractivity contribution in [3.63, 3.8) is 0 Å². The van der Waals surface area contributed by atoms with E-state index >= 15 is 0 Å². The Morgan fingerprint density at radius 1 is 1.26 bits per heavy atom. The summed E-state index contributed by atoms with van der Waals surface area (Å²) in [6, 6.07) is 8.89. The van der Waals surface area contributed by atoms with Gasteiger partial charge in [0.25, 0.3) is 0 Å². The van der Waals surface area contributed by atoms with Gasteiger partial charge in [0.1, 0.15) is 0 Å². The van der Waals surface area contributed by atoms with Crippen molar-refractivity contribution in [3.8, 4) is 0 Å². The molecule has 2 rings (SSSR count). The van der Waals surface area contributed by atoms with Gasteiger partial charge in [0.2, 0.25) is 0 Å². The van der Waals surface area contributed by atoms with Gasteiger partial charge in [0.15, 0.2) is 5.78 Å². The molecule has 1 amide bonds. The lowest BCUT2D eigenvalue weighted by atomic mass is 10.0. The van der Waals surface area contributed by atoms with Crippen LogP contribution in [0, 0.1) is 0 Å². The second kappa shape index (κ2) is 8.45. The minimum atomic E-state index is -0.443. The molecule has 1 aromatic rings. The number of Topliss-reactive ketones (excluding diaryl/α,β-unsaturated/α-hetero) is 1. The van der Waals surface area contributed by atoms with E-state index in [1.54, 1.807) is 13.0 Å². The number of hydrogen-bond donors (Lipinski definition) is 1. The van der Waals surface area contributed by atoms with Gasteiger partial charge in [0.05, 0.1) is 12.6 Å². The Morgan fingerprint density at radius 2 is 1.91 bits per heavy atom. The number of hydrogen-bond acceptors (Lipinski definition) is 5. The standard InChI is InChI=1S/C17H23N3O3/c1-3-15(16(21)14-8-6-5-7-9-14)19-10-12-20(13-11-19)18-17(22)23-4-2/h3,5-9,15H,1,4,10-13H2,2H3,(H,18,22). The Bertz CT molecular complexity index is 539. The molecule has 1 saturated heterocycles. The van der Waals surface area contributed by atoms with Crippen molar-refractivity contribution in [3.05, 3.63) is 48.6 Å². The van der Waals surface area contributed by atoms with Crippen molar-refractivity contribution >= 4 is 11.9 Å². The number of nitrogens with one attached hydrogen (secondary N) is 1. The molecule has 1 atom stereocenters. The Balaban J connectivity index is 1.91. The Kier molecular flexibility index (Phi) is 6.31. The van der Waals surface area contributed by atoms with Crippen LogP contribution in [0.2, 0.25) is 0 Å². The first kappa shape index (κ1) is 17.2. The van der Waals surface area contributed by atoms with Gasteiger partial charge in [-0.25, -0.2) is 9.80 Å². The molecule has 1 aliphatic rings. The van der Waals surface area contributed by atoms with E-state index in [-0.39, 0.29) is 11.8 Å². The number of amides is 1. The maximum absolute atomic E-state index is 12.6. The SMILES string of the molecule is C=CC(C(=O)c1ccccc1)N1CCN(NC(=O)OCC)CC1. The molecule has 0 aromatic heterocycles. The van der Waals surface area contributed by atoms with Crippen LogP contribution in [0.4, 0.5) is 4.79 Å². The largest absolute Gasteiger partial charge is 0.449 e. The Morgan fingerprint density at radius 3 is 2.48 bits per heavy atom. The summed E-state index contributed by atoms with van der Waals surface area (Å²) in [7, 11) is 0. The van der Waals surface area contributed by atoms with Gasteiger partial charge < -0.3 is 4.74 Å². The van der Waals surface area contributed by atoms with Gasteiger partial charge in [-0.3, -0.25) is 15.1 Å². The zero-order valence-electron chi connectivity index (χ0n) is 13.4. The molecule has 1 N–H and O–H groups in total. The molecule has 0 aliphatic carbocycles.